The van der Waals surface area contributed by atoms with Crippen LogP contribution in [0.2, 0.25) is 0 Å². The van der Waals surface area contributed by atoms with E-state index in [2.05, 4.69) is 26.0 Å². The summed E-state index contributed by atoms with van der Waals surface area (Å²) in [5.41, 5.74) is 0. The van der Waals surface area contributed by atoms with Gasteiger partial charge in [0.15, 0.2) is 5.78 Å². The van der Waals surface area contributed by atoms with Gasteiger partial charge in [-0.3, -0.25) is 4.57 Å². The van der Waals surface area contributed by atoms with Crippen LogP contribution in [0.5, 0.6) is 0 Å². The molecule has 32 heavy (non-hydrogen) atoms. The standard InChI is InChI=1S/C27H56NO3P/c1-6-8-9-10-11-12-13-14-15-16-17-18-19-20-21-22-23-24-26-31-32(29,30)27(25-7-2)28(3,4)5/h15-16,27H,6-14,17-26H2,1-5H3/p+1/b16-15-. The minimum Gasteiger partial charge on any atom is -0.320 e. The highest BCUT2D eigenvalue weighted by Gasteiger charge is 2.41. The molecule has 0 rings (SSSR count). The van der Waals surface area contributed by atoms with Crippen LogP contribution in [0.1, 0.15) is 129 Å². The zero-order chi connectivity index (χ0) is 24.1. The Labute approximate surface area is 201 Å². The number of hydrogen-bond acceptors (Lipinski definition) is 2. The first-order chi connectivity index (χ1) is 15.3. The average Bonchev–Trinajstić information content (AvgIpc) is 2.72. The van der Waals surface area contributed by atoms with E-state index in [1.165, 1.54) is 89.9 Å². The second-order valence-corrected chi connectivity index (χ2v) is 12.4. The zero-order valence-corrected chi connectivity index (χ0v) is 23.2. The van der Waals surface area contributed by atoms with Gasteiger partial charge in [-0.15, -0.1) is 0 Å². The van der Waals surface area contributed by atoms with Crippen LogP contribution >= 0.6 is 7.60 Å². The van der Waals surface area contributed by atoms with Crippen molar-refractivity contribution in [3.8, 4) is 0 Å². The molecule has 0 amide bonds. The normalized spacial score (nSPS) is 15.3. The monoisotopic (exact) mass is 474 g/mol. The van der Waals surface area contributed by atoms with E-state index in [1.807, 2.05) is 21.1 Å². The van der Waals surface area contributed by atoms with Gasteiger partial charge < -0.3 is 13.9 Å². The van der Waals surface area contributed by atoms with Crippen LogP contribution < -0.4 is 0 Å². The fraction of sp³-hybridized carbons (Fsp3) is 0.926. The third kappa shape index (κ3) is 18.3. The van der Waals surface area contributed by atoms with Gasteiger partial charge in [0, 0.05) is 6.42 Å². The molecule has 2 unspecified atom stereocenters. The maximum Gasteiger partial charge on any atom is 0.385 e. The van der Waals surface area contributed by atoms with Crippen molar-refractivity contribution in [3.63, 3.8) is 0 Å². The Morgan fingerprint density at radius 3 is 1.59 bits per heavy atom. The molecule has 0 aromatic heterocycles. The van der Waals surface area contributed by atoms with Gasteiger partial charge in [0.1, 0.15) is 0 Å². The minimum absolute atomic E-state index is 0.336. The molecule has 0 heterocycles. The largest absolute Gasteiger partial charge is 0.385 e. The summed E-state index contributed by atoms with van der Waals surface area (Å²) in [6, 6.07) is 0. The van der Waals surface area contributed by atoms with Crippen molar-refractivity contribution in [3.05, 3.63) is 12.2 Å². The smallest absolute Gasteiger partial charge is 0.320 e. The topological polar surface area (TPSA) is 46.5 Å². The highest BCUT2D eigenvalue weighted by molar-refractivity contribution is 7.53. The van der Waals surface area contributed by atoms with Gasteiger partial charge in [0.05, 0.1) is 27.7 Å². The van der Waals surface area contributed by atoms with Gasteiger partial charge in [-0.2, -0.15) is 0 Å². The van der Waals surface area contributed by atoms with Gasteiger partial charge in [-0.1, -0.05) is 96.6 Å². The molecule has 2 atom stereocenters. The first-order valence-corrected chi connectivity index (χ1v) is 15.3. The van der Waals surface area contributed by atoms with Crippen molar-refractivity contribution in [1.29, 1.82) is 0 Å². The third-order valence-corrected chi connectivity index (χ3v) is 8.51. The number of nitrogens with zero attached hydrogens (tertiary/aromatic N) is 1. The van der Waals surface area contributed by atoms with E-state index in [9.17, 15) is 9.46 Å². The lowest BCUT2D eigenvalue weighted by Crippen LogP contribution is -2.45. The molecule has 4 nitrogen and oxygen atoms in total. The first kappa shape index (κ1) is 31.9. The average molecular weight is 475 g/mol. The lowest BCUT2D eigenvalue weighted by Gasteiger charge is -2.35. The number of hydrogen-bond donors (Lipinski definition) is 1. The molecule has 0 saturated carbocycles. The summed E-state index contributed by atoms with van der Waals surface area (Å²) in [5.74, 6) is -0.336. The van der Waals surface area contributed by atoms with E-state index in [4.69, 9.17) is 4.52 Å². The van der Waals surface area contributed by atoms with E-state index in [0.717, 1.165) is 19.3 Å². The third-order valence-electron chi connectivity index (χ3n) is 6.25. The van der Waals surface area contributed by atoms with E-state index in [1.54, 1.807) is 0 Å². The van der Waals surface area contributed by atoms with Crippen LogP contribution in [-0.4, -0.2) is 42.9 Å². The SMILES string of the molecule is CCCCCCCCC/C=C\CCCCCCCCCOP(=O)(O)C(CCC)[N+](C)(C)C. The molecule has 192 valence electrons. The van der Waals surface area contributed by atoms with Gasteiger partial charge in [-0.25, -0.2) is 0 Å². The summed E-state index contributed by atoms with van der Waals surface area (Å²) < 4.78 is 18.6. The van der Waals surface area contributed by atoms with E-state index >= 15 is 0 Å². The summed E-state index contributed by atoms with van der Waals surface area (Å²) >= 11 is 0. The highest BCUT2D eigenvalue weighted by atomic mass is 31.2. The van der Waals surface area contributed by atoms with Crippen LogP contribution in [0.3, 0.4) is 0 Å². The molecule has 5 heteroatoms. The van der Waals surface area contributed by atoms with E-state index in [-0.39, 0.29) is 5.78 Å². The van der Waals surface area contributed by atoms with Crippen molar-refractivity contribution in [1.82, 2.24) is 0 Å². The van der Waals surface area contributed by atoms with Crippen LogP contribution in [0, 0.1) is 0 Å². The van der Waals surface area contributed by atoms with Crippen LogP contribution in [0.4, 0.5) is 0 Å². The lowest BCUT2D eigenvalue weighted by molar-refractivity contribution is -0.883. The fourth-order valence-corrected chi connectivity index (χ4v) is 6.25. The van der Waals surface area contributed by atoms with Crippen molar-refractivity contribution < 1.29 is 18.5 Å². The molecule has 0 aliphatic carbocycles. The molecule has 0 fully saturated rings. The van der Waals surface area contributed by atoms with E-state index in [0.29, 0.717) is 17.5 Å². The van der Waals surface area contributed by atoms with Crippen molar-refractivity contribution >= 4 is 7.60 Å². The Morgan fingerprint density at radius 1 is 0.719 bits per heavy atom. The Balaban J connectivity index is 3.55. The Hall–Kier alpha value is -0.150. The Bertz CT molecular complexity index is 488. The van der Waals surface area contributed by atoms with Crippen molar-refractivity contribution in [2.75, 3.05) is 27.7 Å². The Morgan fingerprint density at radius 2 is 1.16 bits per heavy atom. The van der Waals surface area contributed by atoms with Gasteiger partial charge >= 0.3 is 7.60 Å². The number of quaternary nitrogens is 1. The van der Waals surface area contributed by atoms with Gasteiger partial charge in [-0.05, 0) is 38.5 Å². The number of allylic oxidation sites excluding steroid dienone is 2. The summed E-state index contributed by atoms with van der Waals surface area (Å²) in [5, 5.41) is 0. The molecule has 0 bridgehead atoms. The van der Waals surface area contributed by atoms with E-state index < -0.39 is 7.60 Å². The van der Waals surface area contributed by atoms with Crippen LogP contribution in [0.25, 0.3) is 0 Å². The first-order valence-electron chi connectivity index (χ1n) is 13.7. The molecule has 0 saturated heterocycles. The molecular formula is C27H57NO3P+. The van der Waals surface area contributed by atoms with Gasteiger partial charge in [0.2, 0.25) is 0 Å². The van der Waals surface area contributed by atoms with Crippen LogP contribution in [0.15, 0.2) is 12.2 Å². The lowest BCUT2D eigenvalue weighted by atomic mass is 10.1. The molecule has 0 aliphatic rings. The second-order valence-electron chi connectivity index (χ2n) is 10.4. The quantitative estimate of drug-likeness (QED) is 0.0696. The maximum absolute atomic E-state index is 12.6. The van der Waals surface area contributed by atoms with Crippen molar-refractivity contribution in [2.24, 2.45) is 0 Å². The molecule has 0 aromatic rings. The second kappa shape index (κ2) is 20.2. The molecule has 0 aliphatic heterocycles. The molecule has 0 radical (unpaired) electrons. The zero-order valence-electron chi connectivity index (χ0n) is 22.3. The predicted octanol–water partition coefficient (Wildman–Crippen LogP) is 8.84. The fourth-order valence-electron chi connectivity index (χ4n) is 4.23. The van der Waals surface area contributed by atoms with Crippen molar-refractivity contribution in [2.45, 2.75) is 135 Å². The summed E-state index contributed by atoms with van der Waals surface area (Å²) in [6.45, 7) is 4.73. The number of rotatable bonds is 23. The predicted molar refractivity (Wildman–Crippen MR) is 141 cm³/mol. The maximum atomic E-state index is 12.6. The minimum atomic E-state index is -3.57. The molecular weight excluding hydrogens is 417 g/mol. The molecule has 1 N–H and O–H groups in total. The Kier molecular flexibility index (Phi) is 20.1. The summed E-state index contributed by atoms with van der Waals surface area (Å²) in [7, 11) is 2.35. The number of unbranched alkanes of at least 4 members (excludes halogenated alkanes) is 14. The van der Waals surface area contributed by atoms with Gasteiger partial charge in [0.25, 0.3) is 0 Å². The summed E-state index contributed by atoms with van der Waals surface area (Å²) in [4.78, 5) is 10.4. The molecule has 0 aromatic carbocycles. The summed E-state index contributed by atoms with van der Waals surface area (Å²) in [6.07, 6.45) is 26.9. The molecule has 0 spiro atoms. The highest BCUT2D eigenvalue weighted by Crippen LogP contribution is 2.51. The van der Waals surface area contributed by atoms with Crippen LogP contribution in [-0.2, 0) is 9.09 Å².